The highest BCUT2D eigenvalue weighted by molar-refractivity contribution is 6.35. The third-order valence-corrected chi connectivity index (χ3v) is 2.96. The highest BCUT2D eigenvalue weighted by Gasteiger charge is 2.12. The standard InChI is InChI=1S/C12H14Cl2N2O2/c1-15(2)12(18)7-16(8-17)6-9-3-4-10(13)5-11(9)14/h3-5,8H,6-7H2,1-2H3. The minimum Gasteiger partial charge on any atom is -0.347 e. The maximum absolute atomic E-state index is 11.5. The second-order valence-electron chi connectivity index (χ2n) is 4.03. The number of rotatable bonds is 5. The molecule has 1 aromatic carbocycles. The first-order valence-corrected chi connectivity index (χ1v) is 6.03. The Bertz CT molecular complexity index is 450. The highest BCUT2D eigenvalue weighted by Crippen LogP contribution is 2.21. The number of hydrogen-bond donors (Lipinski definition) is 0. The van der Waals surface area contributed by atoms with E-state index in [-0.39, 0.29) is 19.0 Å². The molecule has 0 N–H and O–H groups in total. The van der Waals surface area contributed by atoms with Gasteiger partial charge in [0.15, 0.2) is 0 Å². The number of likely N-dealkylation sites (N-methyl/N-ethyl adjacent to an activating group) is 1. The summed E-state index contributed by atoms with van der Waals surface area (Å²) in [5, 5.41) is 1.01. The van der Waals surface area contributed by atoms with Crippen molar-refractivity contribution < 1.29 is 9.59 Å². The van der Waals surface area contributed by atoms with Crippen molar-refractivity contribution in [3.8, 4) is 0 Å². The van der Waals surface area contributed by atoms with Crippen molar-refractivity contribution in [2.45, 2.75) is 6.54 Å². The molecule has 18 heavy (non-hydrogen) atoms. The zero-order valence-electron chi connectivity index (χ0n) is 10.2. The lowest BCUT2D eigenvalue weighted by molar-refractivity contribution is -0.133. The Morgan fingerprint density at radius 1 is 1.33 bits per heavy atom. The lowest BCUT2D eigenvalue weighted by Gasteiger charge is -2.20. The first-order valence-electron chi connectivity index (χ1n) is 5.27. The van der Waals surface area contributed by atoms with Gasteiger partial charge < -0.3 is 9.80 Å². The number of nitrogens with zero attached hydrogens (tertiary/aromatic N) is 2. The maximum Gasteiger partial charge on any atom is 0.241 e. The van der Waals surface area contributed by atoms with Crippen molar-refractivity contribution in [3.63, 3.8) is 0 Å². The second-order valence-corrected chi connectivity index (χ2v) is 4.88. The van der Waals surface area contributed by atoms with E-state index < -0.39 is 0 Å². The summed E-state index contributed by atoms with van der Waals surface area (Å²) < 4.78 is 0. The van der Waals surface area contributed by atoms with Crippen molar-refractivity contribution in [1.82, 2.24) is 9.80 Å². The molecule has 0 bridgehead atoms. The Hall–Kier alpha value is -1.26. The van der Waals surface area contributed by atoms with E-state index in [1.54, 1.807) is 32.3 Å². The fourth-order valence-corrected chi connectivity index (χ4v) is 1.78. The molecule has 0 heterocycles. The molecular formula is C12H14Cl2N2O2. The van der Waals surface area contributed by atoms with E-state index in [2.05, 4.69) is 0 Å². The lowest BCUT2D eigenvalue weighted by Crippen LogP contribution is -2.35. The summed E-state index contributed by atoms with van der Waals surface area (Å²) in [5.41, 5.74) is 0.750. The van der Waals surface area contributed by atoms with Crippen LogP contribution in [0, 0.1) is 0 Å². The maximum atomic E-state index is 11.5. The van der Waals surface area contributed by atoms with Crippen LogP contribution in [0.5, 0.6) is 0 Å². The summed E-state index contributed by atoms with van der Waals surface area (Å²) in [5.74, 6) is -0.146. The zero-order chi connectivity index (χ0) is 13.7. The number of amides is 2. The molecule has 0 unspecified atom stereocenters. The van der Waals surface area contributed by atoms with Gasteiger partial charge in [0.1, 0.15) is 0 Å². The van der Waals surface area contributed by atoms with Crippen LogP contribution in [-0.4, -0.2) is 42.8 Å². The fraction of sp³-hybridized carbons (Fsp3) is 0.333. The van der Waals surface area contributed by atoms with Crippen LogP contribution in [0.1, 0.15) is 5.56 Å². The molecule has 2 amide bonds. The van der Waals surface area contributed by atoms with E-state index >= 15 is 0 Å². The fourth-order valence-electron chi connectivity index (χ4n) is 1.31. The normalized spacial score (nSPS) is 10.0. The van der Waals surface area contributed by atoms with E-state index in [4.69, 9.17) is 23.2 Å². The molecule has 4 nitrogen and oxygen atoms in total. The SMILES string of the molecule is CN(C)C(=O)CN(C=O)Cc1ccc(Cl)cc1Cl. The molecule has 0 radical (unpaired) electrons. The molecule has 0 saturated carbocycles. The van der Waals surface area contributed by atoms with Crippen molar-refractivity contribution in [2.75, 3.05) is 20.6 Å². The molecule has 0 aliphatic rings. The summed E-state index contributed by atoms with van der Waals surface area (Å²) in [6, 6.07) is 5.04. The minimum atomic E-state index is -0.146. The molecule has 0 fully saturated rings. The van der Waals surface area contributed by atoms with E-state index in [9.17, 15) is 9.59 Å². The number of carbonyl (C=O) groups excluding carboxylic acids is 2. The number of halogens is 2. The second kappa shape index (κ2) is 6.61. The van der Waals surface area contributed by atoms with Crippen LogP contribution in [0.25, 0.3) is 0 Å². The molecule has 98 valence electrons. The molecule has 1 aromatic rings. The van der Waals surface area contributed by atoms with Crippen LogP contribution in [0.4, 0.5) is 0 Å². The Labute approximate surface area is 116 Å². The Kier molecular flexibility index (Phi) is 5.44. The van der Waals surface area contributed by atoms with Crippen molar-refractivity contribution in [1.29, 1.82) is 0 Å². The van der Waals surface area contributed by atoms with Gasteiger partial charge in [-0.15, -0.1) is 0 Å². The number of benzene rings is 1. The number of hydrogen-bond acceptors (Lipinski definition) is 2. The van der Waals surface area contributed by atoms with Gasteiger partial charge in [-0.05, 0) is 17.7 Å². The largest absolute Gasteiger partial charge is 0.347 e. The highest BCUT2D eigenvalue weighted by atomic mass is 35.5. The molecule has 1 rings (SSSR count). The molecule has 0 atom stereocenters. The molecule has 0 aliphatic carbocycles. The predicted octanol–water partition coefficient (Wildman–Crippen LogP) is 2.04. The molecule has 0 spiro atoms. The van der Waals surface area contributed by atoms with Gasteiger partial charge in [0.05, 0.1) is 6.54 Å². The van der Waals surface area contributed by atoms with Crippen LogP contribution >= 0.6 is 23.2 Å². The first-order chi connectivity index (χ1) is 8.43. The molecule has 0 aliphatic heterocycles. The summed E-state index contributed by atoms with van der Waals surface area (Å²) in [4.78, 5) is 25.2. The van der Waals surface area contributed by atoms with Crippen molar-refractivity contribution in [2.24, 2.45) is 0 Å². The molecule has 6 heteroatoms. The van der Waals surface area contributed by atoms with E-state index in [1.165, 1.54) is 9.80 Å². The van der Waals surface area contributed by atoms with Crippen LogP contribution in [-0.2, 0) is 16.1 Å². The van der Waals surface area contributed by atoms with E-state index in [1.807, 2.05) is 0 Å². The van der Waals surface area contributed by atoms with Crippen LogP contribution < -0.4 is 0 Å². The Morgan fingerprint density at radius 3 is 2.50 bits per heavy atom. The average Bonchev–Trinajstić information content (AvgIpc) is 2.31. The van der Waals surface area contributed by atoms with Crippen molar-refractivity contribution in [3.05, 3.63) is 33.8 Å². The Balaban J connectivity index is 2.74. The topological polar surface area (TPSA) is 40.6 Å². The summed E-state index contributed by atoms with van der Waals surface area (Å²) >= 11 is 11.8. The minimum absolute atomic E-state index is 0.0233. The van der Waals surface area contributed by atoms with Gasteiger partial charge in [0.25, 0.3) is 0 Å². The van der Waals surface area contributed by atoms with Gasteiger partial charge in [0, 0.05) is 30.7 Å². The monoisotopic (exact) mass is 288 g/mol. The van der Waals surface area contributed by atoms with Crippen LogP contribution in [0.15, 0.2) is 18.2 Å². The van der Waals surface area contributed by atoms with Gasteiger partial charge in [0.2, 0.25) is 12.3 Å². The van der Waals surface area contributed by atoms with Gasteiger partial charge in [-0.25, -0.2) is 0 Å². The third-order valence-electron chi connectivity index (χ3n) is 2.37. The molecule has 0 aromatic heterocycles. The molecule has 0 saturated heterocycles. The van der Waals surface area contributed by atoms with E-state index in [0.717, 1.165) is 5.56 Å². The third kappa shape index (κ3) is 4.20. The summed E-state index contributed by atoms with van der Waals surface area (Å²) in [7, 11) is 3.28. The Morgan fingerprint density at radius 2 is 2.00 bits per heavy atom. The molecular weight excluding hydrogens is 275 g/mol. The van der Waals surface area contributed by atoms with E-state index in [0.29, 0.717) is 16.5 Å². The lowest BCUT2D eigenvalue weighted by atomic mass is 10.2. The number of carbonyl (C=O) groups is 2. The quantitative estimate of drug-likeness (QED) is 0.778. The summed E-state index contributed by atoms with van der Waals surface area (Å²) in [6.45, 7) is 0.300. The first kappa shape index (κ1) is 14.8. The predicted molar refractivity (Wildman–Crippen MR) is 71.6 cm³/mol. The van der Waals surface area contributed by atoms with Crippen LogP contribution in [0.3, 0.4) is 0 Å². The average molecular weight is 289 g/mol. The van der Waals surface area contributed by atoms with Gasteiger partial charge in [-0.2, -0.15) is 0 Å². The van der Waals surface area contributed by atoms with Gasteiger partial charge in [-0.3, -0.25) is 9.59 Å². The smallest absolute Gasteiger partial charge is 0.241 e. The van der Waals surface area contributed by atoms with Gasteiger partial charge in [-0.1, -0.05) is 29.3 Å². The zero-order valence-corrected chi connectivity index (χ0v) is 11.7. The summed E-state index contributed by atoms with van der Waals surface area (Å²) in [6.07, 6.45) is 0.631. The van der Waals surface area contributed by atoms with Crippen LogP contribution in [0.2, 0.25) is 10.0 Å². The van der Waals surface area contributed by atoms with Gasteiger partial charge >= 0.3 is 0 Å². The van der Waals surface area contributed by atoms with Crippen molar-refractivity contribution >= 4 is 35.5 Å².